The molecule has 0 radical (unpaired) electrons. The van der Waals surface area contributed by atoms with Gasteiger partial charge in [0.1, 0.15) is 5.76 Å². The van der Waals surface area contributed by atoms with Crippen LogP contribution in [0, 0.1) is 0 Å². The zero-order valence-electron chi connectivity index (χ0n) is 10.3. The Bertz CT molecular complexity index is 503. The lowest BCUT2D eigenvalue weighted by Gasteiger charge is -2.22. The largest absolute Gasteiger partial charge is 0.447 e. The van der Waals surface area contributed by atoms with Gasteiger partial charge in [-0.2, -0.15) is 0 Å². The van der Waals surface area contributed by atoms with E-state index in [-0.39, 0.29) is 18.2 Å². The Morgan fingerprint density at radius 2 is 2.28 bits per heavy atom. The fraction of sp³-hybridized carbons (Fsp3) is 0.636. The van der Waals surface area contributed by atoms with Crippen LogP contribution in [0.5, 0.6) is 0 Å². The number of nitrogens with one attached hydrogen (secondary N) is 1. The highest BCUT2D eigenvalue weighted by Gasteiger charge is 2.32. The quantitative estimate of drug-likeness (QED) is 0.819. The van der Waals surface area contributed by atoms with Gasteiger partial charge in [0.2, 0.25) is 5.09 Å². The van der Waals surface area contributed by atoms with Gasteiger partial charge in [0.15, 0.2) is 0 Å². The Morgan fingerprint density at radius 1 is 1.50 bits per heavy atom. The van der Waals surface area contributed by atoms with Crippen LogP contribution >= 0.6 is 0 Å². The molecule has 1 aliphatic heterocycles. The summed E-state index contributed by atoms with van der Waals surface area (Å²) in [5.74, 6) is 0.443. The van der Waals surface area contributed by atoms with Crippen LogP contribution in [-0.4, -0.2) is 27.2 Å². The molecule has 2 rings (SSSR count). The molecule has 0 aromatic carbocycles. The minimum Gasteiger partial charge on any atom is -0.447 e. The molecule has 3 N–H and O–H groups in total. The molecule has 102 valence electrons. The molecule has 2 heterocycles. The van der Waals surface area contributed by atoms with Gasteiger partial charge in [-0.15, -0.1) is 0 Å². The Hall–Kier alpha value is -0.890. The predicted molar refractivity (Wildman–Crippen MR) is 65.4 cm³/mol. The molecule has 1 fully saturated rings. The standard InChI is InChI=1S/C11H18N2O4S/c1-11(5-2-6-16-11)8-13-18(14,15)10-4-3-9(7-12)17-10/h3-4,13H,2,5-8,12H2,1H3. The highest BCUT2D eigenvalue weighted by Crippen LogP contribution is 2.24. The lowest BCUT2D eigenvalue weighted by molar-refractivity contribution is 0.0250. The summed E-state index contributed by atoms with van der Waals surface area (Å²) in [6.45, 7) is 3.00. The van der Waals surface area contributed by atoms with Gasteiger partial charge in [-0.3, -0.25) is 0 Å². The maximum absolute atomic E-state index is 12.0. The third-order valence-electron chi connectivity index (χ3n) is 3.04. The Morgan fingerprint density at radius 3 is 2.83 bits per heavy atom. The number of sulfonamides is 1. The van der Waals surface area contributed by atoms with Crippen molar-refractivity contribution in [3.05, 3.63) is 17.9 Å². The first-order valence-electron chi connectivity index (χ1n) is 5.88. The van der Waals surface area contributed by atoms with E-state index in [2.05, 4.69) is 4.72 Å². The van der Waals surface area contributed by atoms with Crippen LogP contribution in [0.2, 0.25) is 0 Å². The summed E-state index contributed by atoms with van der Waals surface area (Å²) in [7, 11) is -3.63. The zero-order valence-corrected chi connectivity index (χ0v) is 11.1. The Balaban J connectivity index is 2.03. The van der Waals surface area contributed by atoms with Crippen molar-refractivity contribution in [2.75, 3.05) is 13.2 Å². The summed E-state index contributed by atoms with van der Waals surface area (Å²) < 4.78 is 37.1. The number of nitrogens with two attached hydrogens (primary N) is 1. The van der Waals surface area contributed by atoms with Gasteiger partial charge in [0, 0.05) is 13.2 Å². The highest BCUT2D eigenvalue weighted by atomic mass is 32.2. The molecule has 0 spiro atoms. The number of furan rings is 1. The molecule has 1 atom stereocenters. The Labute approximate surface area is 107 Å². The van der Waals surface area contributed by atoms with Crippen LogP contribution in [-0.2, 0) is 21.3 Å². The van der Waals surface area contributed by atoms with E-state index in [4.69, 9.17) is 14.9 Å². The first-order valence-corrected chi connectivity index (χ1v) is 7.36. The van der Waals surface area contributed by atoms with E-state index in [0.717, 1.165) is 12.8 Å². The molecule has 1 saturated heterocycles. The first kappa shape index (κ1) is 13.5. The molecule has 1 aromatic rings. The molecule has 0 aliphatic carbocycles. The molecule has 1 unspecified atom stereocenters. The van der Waals surface area contributed by atoms with Crippen LogP contribution in [0.3, 0.4) is 0 Å². The van der Waals surface area contributed by atoms with Gasteiger partial charge in [-0.05, 0) is 31.9 Å². The van der Waals surface area contributed by atoms with E-state index in [1.54, 1.807) is 6.07 Å². The molecule has 0 saturated carbocycles. The molecule has 7 heteroatoms. The maximum Gasteiger partial charge on any atom is 0.274 e. The van der Waals surface area contributed by atoms with Crippen molar-refractivity contribution in [3.63, 3.8) is 0 Å². The van der Waals surface area contributed by atoms with Crippen LogP contribution < -0.4 is 10.5 Å². The first-order chi connectivity index (χ1) is 8.45. The van der Waals surface area contributed by atoms with Gasteiger partial charge in [-0.25, -0.2) is 13.1 Å². The van der Waals surface area contributed by atoms with Gasteiger partial charge < -0.3 is 14.9 Å². The minimum atomic E-state index is -3.63. The topological polar surface area (TPSA) is 94.6 Å². The van der Waals surface area contributed by atoms with Crippen LogP contribution in [0.1, 0.15) is 25.5 Å². The molecular formula is C11H18N2O4S. The summed E-state index contributed by atoms with van der Waals surface area (Å²) in [6, 6.07) is 2.96. The number of ether oxygens (including phenoxy) is 1. The zero-order chi connectivity index (χ0) is 13.2. The summed E-state index contributed by atoms with van der Waals surface area (Å²) >= 11 is 0. The van der Waals surface area contributed by atoms with E-state index < -0.39 is 15.6 Å². The van der Waals surface area contributed by atoms with Crippen molar-refractivity contribution >= 4 is 10.0 Å². The highest BCUT2D eigenvalue weighted by molar-refractivity contribution is 7.89. The molecule has 6 nitrogen and oxygen atoms in total. The minimum absolute atomic E-state index is 0.107. The second-order valence-corrected chi connectivity index (χ2v) is 6.35. The number of hydrogen-bond acceptors (Lipinski definition) is 5. The summed E-state index contributed by atoms with van der Waals surface area (Å²) in [5.41, 5.74) is 4.95. The average Bonchev–Trinajstić information content (AvgIpc) is 2.96. The van der Waals surface area contributed by atoms with Crippen molar-refractivity contribution in [1.82, 2.24) is 4.72 Å². The monoisotopic (exact) mass is 274 g/mol. The van der Waals surface area contributed by atoms with E-state index in [1.807, 2.05) is 6.92 Å². The molecule has 0 bridgehead atoms. The second-order valence-electron chi connectivity index (χ2n) is 4.65. The average molecular weight is 274 g/mol. The van der Waals surface area contributed by atoms with Gasteiger partial charge in [0.05, 0.1) is 12.1 Å². The van der Waals surface area contributed by atoms with Gasteiger partial charge >= 0.3 is 0 Å². The number of rotatable bonds is 5. The van der Waals surface area contributed by atoms with E-state index in [1.165, 1.54) is 6.07 Å². The summed E-state index contributed by atoms with van der Waals surface area (Å²) in [4.78, 5) is 0. The smallest absolute Gasteiger partial charge is 0.274 e. The van der Waals surface area contributed by atoms with Gasteiger partial charge in [-0.1, -0.05) is 0 Å². The molecule has 1 aromatic heterocycles. The van der Waals surface area contributed by atoms with Crippen LogP contribution in [0.4, 0.5) is 0 Å². The van der Waals surface area contributed by atoms with Crippen molar-refractivity contribution < 1.29 is 17.6 Å². The SMILES string of the molecule is CC1(CNS(=O)(=O)c2ccc(CN)o2)CCCO1. The van der Waals surface area contributed by atoms with Crippen LogP contribution in [0.15, 0.2) is 21.6 Å². The number of hydrogen-bond donors (Lipinski definition) is 2. The van der Waals surface area contributed by atoms with Crippen molar-refractivity contribution in [2.45, 2.75) is 37.0 Å². The fourth-order valence-corrected chi connectivity index (χ4v) is 3.01. The maximum atomic E-state index is 12.0. The fourth-order valence-electron chi connectivity index (χ4n) is 1.91. The van der Waals surface area contributed by atoms with Gasteiger partial charge in [0.25, 0.3) is 10.0 Å². The normalized spacial score (nSPS) is 24.6. The second kappa shape index (κ2) is 5.00. The molecule has 18 heavy (non-hydrogen) atoms. The summed E-state index contributed by atoms with van der Waals surface area (Å²) in [6.07, 6.45) is 1.80. The van der Waals surface area contributed by atoms with Crippen molar-refractivity contribution in [2.24, 2.45) is 5.73 Å². The lowest BCUT2D eigenvalue weighted by Crippen LogP contribution is -2.39. The molecular weight excluding hydrogens is 256 g/mol. The van der Waals surface area contributed by atoms with E-state index in [0.29, 0.717) is 12.4 Å². The summed E-state index contributed by atoms with van der Waals surface area (Å²) in [5, 5.41) is -0.107. The van der Waals surface area contributed by atoms with Crippen LogP contribution in [0.25, 0.3) is 0 Å². The molecule has 1 aliphatic rings. The lowest BCUT2D eigenvalue weighted by atomic mass is 10.0. The third kappa shape index (κ3) is 2.92. The van der Waals surface area contributed by atoms with E-state index >= 15 is 0 Å². The van der Waals surface area contributed by atoms with Crippen molar-refractivity contribution in [1.29, 1.82) is 0 Å². The predicted octanol–water partition coefficient (Wildman–Crippen LogP) is 0.586. The van der Waals surface area contributed by atoms with Crippen molar-refractivity contribution in [3.8, 4) is 0 Å². The third-order valence-corrected chi connectivity index (χ3v) is 4.31. The van der Waals surface area contributed by atoms with E-state index in [9.17, 15) is 8.42 Å². The molecule has 0 amide bonds. The Kier molecular flexibility index (Phi) is 3.76.